The minimum atomic E-state index is -0.792. The molecule has 2 aliphatic heterocycles. The van der Waals surface area contributed by atoms with Crippen LogP contribution < -0.4 is 14.8 Å². The number of benzene rings is 1. The highest BCUT2D eigenvalue weighted by Crippen LogP contribution is 2.40. The van der Waals surface area contributed by atoms with Crippen LogP contribution >= 0.6 is 0 Å². The maximum absolute atomic E-state index is 10.9. The van der Waals surface area contributed by atoms with E-state index in [0.717, 1.165) is 23.5 Å². The molecule has 2 unspecified atom stereocenters. The Balaban J connectivity index is 1.87. The molecule has 2 N–H and O–H groups in total. The van der Waals surface area contributed by atoms with E-state index in [4.69, 9.17) is 14.6 Å². The lowest BCUT2D eigenvalue weighted by Crippen LogP contribution is -2.32. The average molecular weight is 249 g/mol. The molecule has 2 heterocycles. The number of fused-ring (bicyclic) bond motifs is 1. The van der Waals surface area contributed by atoms with Crippen LogP contribution in [0.4, 0.5) is 0 Å². The molecule has 0 saturated carbocycles. The minimum Gasteiger partial charge on any atom is -0.486 e. The number of ether oxygens (including phenoxy) is 2. The molecular weight excluding hydrogens is 234 g/mol. The lowest BCUT2D eigenvalue weighted by atomic mass is 10.0. The van der Waals surface area contributed by atoms with Crippen LogP contribution in [0.5, 0.6) is 11.5 Å². The van der Waals surface area contributed by atoms with Gasteiger partial charge in [0.15, 0.2) is 11.5 Å². The van der Waals surface area contributed by atoms with E-state index in [9.17, 15) is 4.79 Å². The molecule has 5 heteroatoms. The summed E-state index contributed by atoms with van der Waals surface area (Å²) >= 11 is 0. The molecule has 5 nitrogen and oxygen atoms in total. The van der Waals surface area contributed by atoms with Gasteiger partial charge >= 0.3 is 5.97 Å². The predicted octanol–water partition coefficient (Wildman–Crippen LogP) is 1.34. The third-order valence-corrected chi connectivity index (χ3v) is 3.42. The van der Waals surface area contributed by atoms with Gasteiger partial charge < -0.3 is 14.6 Å². The van der Waals surface area contributed by atoms with Crippen molar-refractivity contribution < 1.29 is 19.4 Å². The summed E-state index contributed by atoms with van der Waals surface area (Å²) in [4.78, 5) is 10.9. The summed E-state index contributed by atoms with van der Waals surface area (Å²) in [7, 11) is 0. The van der Waals surface area contributed by atoms with Crippen molar-refractivity contribution in [1.82, 2.24) is 5.32 Å². The zero-order valence-electron chi connectivity index (χ0n) is 9.89. The summed E-state index contributed by atoms with van der Waals surface area (Å²) < 4.78 is 11.2. The Morgan fingerprint density at radius 2 is 2.11 bits per heavy atom. The van der Waals surface area contributed by atoms with Crippen LogP contribution in [-0.2, 0) is 4.79 Å². The summed E-state index contributed by atoms with van der Waals surface area (Å²) in [5.74, 6) is 0.714. The zero-order valence-corrected chi connectivity index (χ0v) is 9.89. The number of hydrogen-bond acceptors (Lipinski definition) is 4. The minimum absolute atomic E-state index is 0.0303. The molecule has 1 saturated heterocycles. The van der Waals surface area contributed by atoms with Crippen molar-refractivity contribution in [2.45, 2.75) is 24.9 Å². The Morgan fingerprint density at radius 1 is 1.28 bits per heavy atom. The fourth-order valence-electron chi connectivity index (χ4n) is 2.55. The van der Waals surface area contributed by atoms with E-state index in [1.807, 2.05) is 18.2 Å². The number of hydrogen-bond donors (Lipinski definition) is 2. The number of carboxylic acids is 1. The Labute approximate surface area is 105 Å². The van der Waals surface area contributed by atoms with E-state index < -0.39 is 12.0 Å². The standard InChI is InChI=1S/C13H15NO4/c15-13(16)10-5-4-9(14-10)8-2-1-3-11-12(8)18-7-6-17-11/h1-3,9-10,14H,4-7H2,(H,15,16). The lowest BCUT2D eigenvalue weighted by molar-refractivity contribution is -0.139. The van der Waals surface area contributed by atoms with Gasteiger partial charge in [0.1, 0.15) is 19.3 Å². The molecule has 0 amide bonds. The summed E-state index contributed by atoms with van der Waals surface area (Å²) in [5.41, 5.74) is 0.996. The third kappa shape index (κ3) is 1.90. The quantitative estimate of drug-likeness (QED) is 0.827. The highest BCUT2D eigenvalue weighted by atomic mass is 16.6. The van der Waals surface area contributed by atoms with Crippen LogP contribution in [0.2, 0.25) is 0 Å². The van der Waals surface area contributed by atoms with Gasteiger partial charge in [-0.2, -0.15) is 0 Å². The second kappa shape index (κ2) is 4.49. The molecule has 0 radical (unpaired) electrons. The van der Waals surface area contributed by atoms with Crippen molar-refractivity contribution in [2.75, 3.05) is 13.2 Å². The second-order valence-electron chi connectivity index (χ2n) is 4.56. The van der Waals surface area contributed by atoms with E-state index in [1.54, 1.807) is 0 Å². The summed E-state index contributed by atoms with van der Waals surface area (Å²) in [6, 6.07) is 5.33. The fourth-order valence-corrected chi connectivity index (χ4v) is 2.55. The van der Waals surface area contributed by atoms with E-state index in [1.165, 1.54) is 0 Å². The Morgan fingerprint density at radius 3 is 2.89 bits per heavy atom. The van der Waals surface area contributed by atoms with Crippen molar-refractivity contribution in [3.05, 3.63) is 23.8 Å². The SMILES string of the molecule is O=C(O)C1CCC(c2cccc3c2OCCO3)N1. The summed E-state index contributed by atoms with van der Waals surface area (Å²) in [5, 5.41) is 12.1. The predicted molar refractivity (Wildman–Crippen MR) is 64.0 cm³/mol. The molecule has 2 aliphatic rings. The van der Waals surface area contributed by atoms with Gasteiger partial charge in [-0.1, -0.05) is 12.1 Å². The molecule has 0 aliphatic carbocycles. The van der Waals surface area contributed by atoms with Crippen molar-refractivity contribution >= 4 is 5.97 Å². The molecule has 2 atom stereocenters. The number of para-hydroxylation sites is 1. The molecule has 0 spiro atoms. The number of aliphatic carboxylic acids is 1. The smallest absolute Gasteiger partial charge is 0.320 e. The first-order valence-corrected chi connectivity index (χ1v) is 6.13. The fraction of sp³-hybridized carbons (Fsp3) is 0.462. The van der Waals surface area contributed by atoms with Gasteiger partial charge in [-0.15, -0.1) is 0 Å². The van der Waals surface area contributed by atoms with Gasteiger partial charge in [-0.3, -0.25) is 10.1 Å². The Hall–Kier alpha value is -1.75. The highest BCUT2D eigenvalue weighted by Gasteiger charge is 2.32. The summed E-state index contributed by atoms with van der Waals surface area (Å²) in [6.45, 7) is 1.10. The first kappa shape index (κ1) is 11.3. The van der Waals surface area contributed by atoms with Crippen LogP contribution in [0.3, 0.4) is 0 Å². The largest absolute Gasteiger partial charge is 0.486 e. The first-order chi connectivity index (χ1) is 8.75. The lowest BCUT2D eigenvalue weighted by Gasteiger charge is -2.23. The topological polar surface area (TPSA) is 67.8 Å². The van der Waals surface area contributed by atoms with Crippen molar-refractivity contribution in [3.63, 3.8) is 0 Å². The first-order valence-electron chi connectivity index (χ1n) is 6.13. The van der Waals surface area contributed by atoms with Crippen molar-refractivity contribution in [1.29, 1.82) is 0 Å². The number of carboxylic acid groups (broad SMARTS) is 1. The van der Waals surface area contributed by atoms with Crippen LogP contribution in [0.15, 0.2) is 18.2 Å². The van der Waals surface area contributed by atoms with E-state index in [2.05, 4.69) is 5.32 Å². The van der Waals surface area contributed by atoms with Gasteiger partial charge in [-0.05, 0) is 18.9 Å². The molecular formula is C13H15NO4. The Bertz CT molecular complexity index is 474. The third-order valence-electron chi connectivity index (χ3n) is 3.42. The number of carbonyl (C=O) groups is 1. The molecule has 1 fully saturated rings. The molecule has 1 aromatic rings. The van der Waals surface area contributed by atoms with E-state index in [0.29, 0.717) is 19.6 Å². The summed E-state index contributed by atoms with van der Waals surface area (Å²) in [6.07, 6.45) is 1.45. The molecule has 96 valence electrons. The normalized spacial score (nSPS) is 26.0. The van der Waals surface area contributed by atoms with Crippen molar-refractivity contribution in [3.8, 4) is 11.5 Å². The highest BCUT2D eigenvalue weighted by molar-refractivity contribution is 5.74. The second-order valence-corrected chi connectivity index (χ2v) is 4.56. The van der Waals surface area contributed by atoms with Crippen LogP contribution in [0, 0.1) is 0 Å². The molecule has 0 aromatic heterocycles. The molecule has 18 heavy (non-hydrogen) atoms. The number of rotatable bonds is 2. The van der Waals surface area contributed by atoms with Gasteiger partial charge in [-0.25, -0.2) is 0 Å². The maximum Gasteiger partial charge on any atom is 0.320 e. The van der Waals surface area contributed by atoms with Crippen LogP contribution in [-0.4, -0.2) is 30.3 Å². The molecule has 3 rings (SSSR count). The average Bonchev–Trinajstić information content (AvgIpc) is 2.87. The van der Waals surface area contributed by atoms with Crippen LogP contribution in [0.25, 0.3) is 0 Å². The molecule has 0 bridgehead atoms. The van der Waals surface area contributed by atoms with E-state index in [-0.39, 0.29) is 6.04 Å². The van der Waals surface area contributed by atoms with Gasteiger partial charge in [0.25, 0.3) is 0 Å². The zero-order chi connectivity index (χ0) is 12.5. The van der Waals surface area contributed by atoms with Gasteiger partial charge in [0, 0.05) is 11.6 Å². The van der Waals surface area contributed by atoms with Gasteiger partial charge in [0.05, 0.1) is 0 Å². The van der Waals surface area contributed by atoms with Crippen molar-refractivity contribution in [2.24, 2.45) is 0 Å². The van der Waals surface area contributed by atoms with Crippen LogP contribution in [0.1, 0.15) is 24.4 Å². The maximum atomic E-state index is 10.9. The Kier molecular flexibility index (Phi) is 2.83. The van der Waals surface area contributed by atoms with E-state index >= 15 is 0 Å². The molecule has 1 aromatic carbocycles. The van der Waals surface area contributed by atoms with Gasteiger partial charge in [0.2, 0.25) is 0 Å². The number of nitrogens with one attached hydrogen (secondary N) is 1. The monoisotopic (exact) mass is 249 g/mol.